The van der Waals surface area contributed by atoms with Gasteiger partial charge < -0.3 is 25.2 Å². The van der Waals surface area contributed by atoms with Gasteiger partial charge in [0.1, 0.15) is 17.3 Å². The molecule has 4 rings (SSSR count). The second-order valence-electron chi connectivity index (χ2n) is 9.12. The lowest BCUT2D eigenvalue weighted by Crippen LogP contribution is -2.31. The van der Waals surface area contributed by atoms with E-state index in [1.165, 1.54) is 31.6 Å². The van der Waals surface area contributed by atoms with Crippen LogP contribution in [0, 0.1) is 12.7 Å². The van der Waals surface area contributed by atoms with Gasteiger partial charge >= 0.3 is 6.09 Å². The minimum atomic E-state index is -1.18. The van der Waals surface area contributed by atoms with Gasteiger partial charge in [-0.3, -0.25) is 19.6 Å². The maximum Gasteiger partial charge on any atom is 0.407 e. The quantitative estimate of drug-likeness (QED) is 0.206. The first kappa shape index (κ1) is 30.1. The zero-order valence-electron chi connectivity index (χ0n) is 22.6. The SMILES string of the molecule is COc1cc(-c2nccc(-c3cccc(NC(=O)c4ccc(CN(CCO)C(=O)O)cn4)c3C)c2Cl)cc(F)c1C=O. The third kappa shape index (κ3) is 6.37. The molecular weight excluding hydrogens is 567 g/mol. The largest absolute Gasteiger partial charge is 0.496 e. The van der Waals surface area contributed by atoms with E-state index in [-0.39, 0.29) is 47.4 Å². The summed E-state index contributed by atoms with van der Waals surface area (Å²) < 4.78 is 19.8. The smallest absolute Gasteiger partial charge is 0.407 e. The summed E-state index contributed by atoms with van der Waals surface area (Å²) in [5, 5.41) is 21.4. The van der Waals surface area contributed by atoms with Crippen molar-refractivity contribution in [2.24, 2.45) is 0 Å². The van der Waals surface area contributed by atoms with Gasteiger partial charge in [-0.25, -0.2) is 9.18 Å². The summed E-state index contributed by atoms with van der Waals surface area (Å²) in [4.78, 5) is 45.1. The van der Waals surface area contributed by atoms with Gasteiger partial charge in [0.05, 0.1) is 36.5 Å². The lowest BCUT2D eigenvalue weighted by atomic mass is 9.97. The molecule has 0 radical (unpaired) electrons. The van der Waals surface area contributed by atoms with Crippen LogP contribution in [-0.4, -0.2) is 63.6 Å². The maximum atomic E-state index is 14.6. The number of nitrogens with one attached hydrogen (secondary N) is 1. The van der Waals surface area contributed by atoms with Crippen molar-refractivity contribution in [1.82, 2.24) is 14.9 Å². The minimum absolute atomic E-state index is 0.0152. The number of carbonyl (C=O) groups is 3. The number of anilines is 1. The van der Waals surface area contributed by atoms with Crippen LogP contribution >= 0.6 is 11.6 Å². The van der Waals surface area contributed by atoms with E-state index >= 15 is 0 Å². The highest BCUT2D eigenvalue weighted by Gasteiger charge is 2.19. The van der Waals surface area contributed by atoms with Crippen molar-refractivity contribution < 1.29 is 33.7 Å². The van der Waals surface area contributed by atoms with Crippen LogP contribution in [-0.2, 0) is 6.54 Å². The van der Waals surface area contributed by atoms with Crippen LogP contribution in [0.4, 0.5) is 14.9 Å². The third-order valence-corrected chi connectivity index (χ3v) is 6.92. The van der Waals surface area contributed by atoms with E-state index in [2.05, 4.69) is 15.3 Å². The lowest BCUT2D eigenvalue weighted by Gasteiger charge is -2.18. The molecule has 0 fully saturated rings. The Kier molecular flexibility index (Phi) is 9.46. The Morgan fingerprint density at radius 3 is 2.57 bits per heavy atom. The Morgan fingerprint density at radius 2 is 1.93 bits per heavy atom. The number of hydrogen-bond donors (Lipinski definition) is 3. The van der Waals surface area contributed by atoms with Crippen molar-refractivity contribution >= 4 is 35.6 Å². The number of pyridine rings is 2. The van der Waals surface area contributed by atoms with Crippen LogP contribution in [0.25, 0.3) is 22.4 Å². The highest BCUT2D eigenvalue weighted by Crippen LogP contribution is 2.39. The monoisotopic (exact) mass is 592 g/mol. The van der Waals surface area contributed by atoms with Crippen molar-refractivity contribution in [2.45, 2.75) is 13.5 Å². The second-order valence-corrected chi connectivity index (χ2v) is 9.50. The van der Waals surface area contributed by atoms with E-state index in [9.17, 15) is 23.9 Å². The molecule has 0 saturated carbocycles. The normalized spacial score (nSPS) is 10.7. The number of aliphatic hydroxyl groups excluding tert-OH is 1. The van der Waals surface area contributed by atoms with Crippen LogP contribution in [0.5, 0.6) is 5.75 Å². The fourth-order valence-corrected chi connectivity index (χ4v) is 4.67. The Balaban J connectivity index is 1.60. The number of nitrogens with zero attached hydrogens (tertiary/aromatic N) is 3. The molecule has 0 spiro atoms. The third-order valence-electron chi connectivity index (χ3n) is 6.54. The molecule has 0 atom stereocenters. The molecule has 3 N–H and O–H groups in total. The average molecular weight is 593 g/mol. The molecule has 216 valence electrons. The van der Waals surface area contributed by atoms with E-state index in [4.69, 9.17) is 21.4 Å². The van der Waals surface area contributed by atoms with Gasteiger partial charge in [-0.15, -0.1) is 0 Å². The number of amides is 2. The summed E-state index contributed by atoms with van der Waals surface area (Å²) in [5.74, 6) is -1.20. The zero-order chi connectivity index (χ0) is 30.4. The van der Waals surface area contributed by atoms with Crippen LogP contribution < -0.4 is 10.1 Å². The first-order valence-corrected chi connectivity index (χ1v) is 13.0. The summed E-state index contributed by atoms with van der Waals surface area (Å²) >= 11 is 6.77. The first-order valence-electron chi connectivity index (χ1n) is 12.6. The van der Waals surface area contributed by atoms with Gasteiger partial charge in [0.2, 0.25) is 0 Å². The van der Waals surface area contributed by atoms with Crippen LogP contribution in [0.2, 0.25) is 5.02 Å². The number of aromatic nitrogens is 2. The average Bonchev–Trinajstić information content (AvgIpc) is 2.98. The number of carbonyl (C=O) groups excluding carboxylic acids is 2. The van der Waals surface area contributed by atoms with Crippen LogP contribution in [0.1, 0.15) is 32.0 Å². The Hall–Kier alpha value is -4.87. The molecule has 0 saturated heterocycles. The summed E-state index contributed by atoms with van der Waals surface area (Å²) in [6, 6.07) is 12.7. The van der Waals surface area contributed by atoms with E-state index in [1.807, 2.05) is 6.07 Å². The van der Waals surface area contributed by atoms with Gasteiger partial charge in [0, 0.05) is 35.8 Å². The van der Waals surface area contributed by atoms with Crippen molar-refractivity contribution in [1.29, 1.82) is 0 Å². The summed E-state index contributed by atoms with van der Waals surface area (Å²) in [7, 11) is 1.33. The number of halogens is 2. The Labute approximate surface area is 245 Å². The summed E-state index contributed by atoms with van der Waals surface area (Å²) in [6.45, 7) is 1.46. The molecule has 42 heavy (non-hydrogen) atoms. The minimum Gasteiger partial charge on any atom is -0.496 e. The zero-order valence-corrected chi connectivity index (χ0v) is 23.4. The van der Waals surface area contributed by atoms with E-state index in [0.717, 1.165) is 11.0 Å². The molecule has 0 aliphatic rings. The van der Waals surface area contributed by atoms with E-state index < -0.39 is 17.8 Å². The number of rotatable bonds is 10. The molecule has 2 heterocycles. The number of methoxy groups -OCH3 is 1. The molecule has 2 amide bonds. The Bertz CT molecular complexity index is 1650. The van der Waals surface area contributed by atoms with E-state index in [0.29, 0.717) is 39.8 Å². The van der Waals surface area contributed by atoms with Crippen molar-refractivity contribution in [3.05, 3.63) is 94.1 Å². The number of carboxylic acid groups (broad SMARTS) is 1. The number of aliphatic hydroxyl groups is 1. The molecule has 0 aliphatic carbocycles. The summed E-state index contributed by atoms with van der Waals surface area (Å²) in [6.07, 6.45) is 2.13. The lowest BCUT2D eigenvalue weighted by molar-refractivity contribution is 0.102. The number of ether oxygens (including phenoxy) is 1. The van der Waals surface area contributed by atoms with Gasteiger partial charge in [-0.05, 0) is 53.9 Å². The highest BCUT2D eigenvalue weighted by molar-refractivity contribution is 6.35. The molecule has 12 heteroatoms. The van der Waals surface area contributed by atoms with Crippen LogP contribution in [0.15, 0.2) is 60.9 Å². The van der Waals surface area contributed by atoms with Crippen molar-refractivity contribution in [3.8, 4) is 28.1 Å². The topological polar surface area (TPSA) is 142 Å². The van der Waals surface area contributed by atoms with Crippen molar-refractivity contribution in [2.75, 3.05) is 25.6 Å². The molecule has 0 unspecified atom stereocenters. The molecule has 2 aromatic carbocycles. The Morgan fingerprint density at radius 1 is 1.14 bits per heavy atom. The van der Waals surface area contributed by atoms with Crippen LogP contribution in [0.3, 0.4) is 0 Å². The highest BCUT2D eigenvalue weighted by atomic mass is 35.5. The summed E-state index contributed by atoms with van der Waals surface area (Å²) in [5.41, 5.74) is 3.54. The second kappa shape index (κ2) is 13.2. The molecule has 0 bridgehead atoms. The molecule has 0 aliphatic heterocycles. The van der Waals surface area contributed by atoms with Gasteiger partial charge in [-0.2, -0.15) is 0 Å². The first-order chi connectivity index (χ1) is 20.2. The molecular formula is C30H26ClFN4O6. The van der Waals surface area contributed by atoms with E-state index in [1.54, 1.807) is 31.2 Å². The van der Waals surface area contributed by atoms with Gasteiger partial charge in [-0.1, -0.05) is 29.8 Å². The van der Waals surface area contributed by atoms with Gasteiger partial charge in [0.15, 0.2) is 6.29 Å². The fraction of sp³-hybridized carbons (Fsp3) is 0.167. The molecule has 2 aromatic heterocycles. The standard InChI is InChI=1S/C30H26ClFN4O6/c1-17-20(21-8-9-33-28(27(21)31)19-12-23(32)22(16-38)26(13-19)42-2)4-3-5-24(17)35-29(39)25-7-6-18(14-34-25)15-36(10-11-37)30(40)41/h3-9,12-14,16,37H,10-11,15H2,1-2H3,(H,35,39)(H,40,41). The predicted octanol–water partition coefficient (Wildman–Crippen LogP) is 5.46. The predicted molar refractivity (Wildman–Crippen MR) is 154 cm³/mol. The van der Waals surface area contributed by atoms with Gasteiger partial charge in [0.25, 0.3) is 5.91 Å². The number of aldehydes is 1. The number of hydrogen-bond acceptors (Lipinski definition) is 7. The van der Waals surface area contributed by atoms with Crippen molar-refractivity contribution in [3.63, 3.8) is 0 Å². The number of benzene rings is 2. The molecule has 10 nitrogen and oxygen atoms in total. The molecule has 4 aromatic rings. The fourth-order valence-electron chi connectivity index (χ4n) is 4.35. The maximum absolute atomic E-state index is 14.6.